The highest BCUT2D eigenvalue weighted by atomic mass is 35.5. The maximum absolute atomic E-state index is 13.8. The van der Waals surface area contributed by atoms with Gasteiger partial charge in [-0.05, 0) is 61.4 Å². The number of hydrogen-bond donors (Lipinski definition) is 2. The number of ether oxygens (including phenoxy) is 1. The minimum Gasteiger partial charge on any atom is -0.504 e. The maximum Gasteiger partial charge on any atom is 0.200 e. The quantitative estimate of drug-likeness (QED) is 0.677. The van der Waals surface area contributed by atoms with E-state index in [1.807, 2.05) is 42.5 Å². The van der Waals surface area contributed by atoms with Crippen LogP contribution in [0.2, 0.25) is 0 Å². The average Bonchev–Trinajstić information content (AvgIpc) is 3.52. The molecule has 4 atom stereocenters. The molecule has 1 unspecified atom stereocenters. The van der Waals surface area contributed by atoms with Crippen molar-refractivity contribution in [2.45, 2.75) is 55.3 Å². The molecule has 2 bridgehead atoms. The predicted molar refractivity (Wildman–Crippen MR) is 127 cm³/mol. The molecule has 0 amide bonds. The summed E-state index contributed by atoms with van der Waals surface area (Å²) < 4.78 is 6.26. The number of hydrogen-bond acceptors (Lipinski definition) is 5. The third-order valence-electron chi connectivity index (χ3n) is 8.67. The van der Waals surface area contributed by atoms with Crippen LogP contribution in [0.5, 0.6) is 11.5 Å². The van der Waals surface area contributed by atoms with Crippen LogP contribution >= 0.6 is 12.4 Å². The summed E-state index contributed by atoms with van der Waals surface area (Å²) in [5.41, 5.74) is 1.67. The molecule has 5 nitrogen and oxygen atoms in total. The summed E-state index contributed by atoms with van der Waals surface area (Å²) in [6.07, 6.45) is 5.37. The topological polar surface area (TPSA) is 70.0 Å². The molecule has 6 heteroatoms. The van der Waals surface area contributed by atoms with Crippen molar-refractivity contribution in [2.24, 2.45) is 5.92 Å². The fraction of sp³-hybridized carbons (Fsp3) is 0.444. The Balaban J connectivity index is 0.00000206. The molecule has 2 aliphatic heterocycles. The second kappa shape index (κ2) is 7.08. The molecule has 0 radical (unpaired) electrons. The molecule has 2 N–H and O–H groups in total. The first-order chi connectivity index (χ1) is 15.5. The third-order valence-corrected chi connectivity index (χ3v) is 8.67. The van der Waals surface area contributed by atoms with E-state index in [9.17, 15) is 15.0 Å². The number of nitrogens with zero attached hydrogens (tertiary/aromatic N) is 1. The minimum atomic E-state index is -1.11. The Bertz CT molecular complexity index is 1180. The summed E-state index contributed by atoms with van der Waals surface area (Å²) in [6, 6.07) is 13.4. The van der Waals surface area contributed by atoms with Gasteiger partial charge in [-0.25, -0.2) is 0 Å². The molecule has 33 heavy (non-hydrogen) atoms. The Kier molecular flexibility index (Phi) is 4.55. The van der Waals surface area contributed by atoms with E-state index < -0.39 is 17.1 Å². The van der Waals surface area contributed by atoms with Crippen molar-refractivity contribution < 1.29 is 19.7 Å². The predicted octanol–water partition coefficient (Wildman–Crippen LogP) is 3.64. The minimum absolute atomic E-state index is 0. The van der Waals surface area contributed by atoms with E-state index in [-0.39, 0.29) is 30.0 Å². The van der Waals surface area contributed by atoms with Crippen LogP contribution in [0, 0.1) is 5.92 Å². The van der Waals surface area contributed by atoms with Gasteiger partial charge in [-0.3, -0.25) is 9.69 Å². The summed E-state index contributed by atoms with van der Waals surface area (Å²) >= 11 is 0. The first-order valence-corrected chi connectivity index (χ1v) is 11.8. The molecule has 1 spiro atoms. The number of piperidine rings is 1. The zero-order valence-electron chi connectivity index (χ0n) is 18.4. The van der Waals surface area contributed by atoms with Gasteiger partial charge in [-0.2, -0.15) is 0 Å². The number of halogens is 1. The van der Waals surface area contributed by atoms with Gasteiger partial charge in [0.15, 0.2) is 23.4 Å². The number of likely N-dealkylation sites (tertiary alicyclic amines) is 1. The van der Waals surface area contributed by atoms with Crippen molar-refractivity contribution >= 4 is 24.3 Å². The second-order valence-corrected chi connectivity index (χ2v) is 10.4. The number of aliphatic hydroxyl groups is 1. The molecular formula is C27H28ClNO4. The number of aromatic hydroxyl groups is 1. The van der Waals surface area contributed by atoms with Gasteiger partial charge in [0.1, 0.15) is 0 Å². The fourth-order valence-corrected chi connectivity index (χ4v) is 7.06. The largest absolute Gasteiger partial charge is 0.504 e. The summed E-state index contributed by atoms with van der Waals surface area (Å²) in [5, 5.41) is 23.2. The van der Waals surface area contributed by atoms with Gasteiger partial charge in [-0.1, -0.05) is 36.4 Å². The average molecular weight is 466 g/mol. The van der Waals surface area contributed by atoms with Gasteiger partial charge in [-0.15, -0.1) is 12.4 Å². The highest BCUT2D eigenvalue weighted by Gasteiger charge is 2.74. The SMILES string of the molecule is Cl.O=C1/C(=C/c2ccccc2)C[C@@]2(O)[C@H]3Cc4ccc(O)c5c4[C@@]2(CCN3CC2CC2)C1O5. The van der Waals surface area contributed by atoms with Crippen LogP contribution in [0.4, 0.5) is 0 Å². The number of carbonyl (C=O) groups is 1. The van der Waals surface area contributed by atoms with Crippen LogP contribution in [-0.4, -0.2) is 51.7 Å². The highest BCUT2D eigenvalue weighted by molar-refractivity contribution is 6.06. The van der Waals surface area contributed by atoms with Crippen molar-refractivity contribution in [1.82, 2.24) is 4.90 Å². The first-order valence-electron chi connectivity index (χ1n) is 11.8. The molecule has 1 saturated heterocycles. The zero-order valence-corrected chi connectivity index (χ0v) is 19.2. The molecule has 2 aromatic rings. The van der Waals surface area contributed by atoms with E-state index in [0.717, 1.165) is 42.1 Å². The van der Waals surface area contributed by atoms with Crippen molar-refractivity contribution in [3.63, 3.8) is 0 Å². The molecule has 7 rings (SSSR count). The van der Waals surface area contributed by atoms with Crippen molar-refractivity contribution in [2.75, 3.05) is 13.1 Å². The molecule has 5 aliphatic rings. The summed E-state index contributed by atoms with van der Waals surface area (Å²) in [5.74, 6) is 1.14. The fourth-order valence-electron chi connectivity index (χ4n) is 7.06. The highest BCUT2D eigenvalue weighted by Crippen LogP contribution is 2.65. The summed E-state index contributed by atoms with van der Waals surface area (Å²) in [7, 11) is 0. The Morgan fingerprint density at radius 2 is 1.94 bits per heavy atom. The van der Waals surface area contributed by atoms with Gasteiger partial charge in [0.25, 0.3) is 0 Å². The molecule has 172 valence electrons. The monoisotopic (exact) mass is 465 g/mol. The van der Waals surface area contributed by atoms with Gasteiger partial charge >= 0.3 is 0 Å². The molecule has 3 aliphatic carbocycles. The number of carbonyl (C=O) groups excluding carboxylic acids is 1. The Morgan fingerprint density at radius 3 is 2.70 bits per heavy atom. The number of phenols is 1. The van der Waals surface area contributed by atoms with E-state index in [1.54, 1.807) is 6.07 Å². The van der Waals surface area contributed by atoms with E-state index in [1.165, 1.54) is 12.8 Å². The second-order valence-electron chi connectivity index (χ2n) is 10.4. The van der Waals surface area contributed by atoms with Crippen LogP contribution in [0.1, 0.15) is 42.4 Å². The number of ketones is 1. The van der Waals surface area contributed by atoms with Gasteiger partial charge in [0, 0.05) is 30.1 Å². The first kappa shape index (κ1) is 21.2. The lowest BCUT2D eigenvalue weighted by Gasteiger charge is -2.62. The van der Waals surface area contributed by atoms with Crippen molar-refractivity contribution in [3.05, 3.63) is 64.7 Å². The van der Waals surface area contributed by atoms with E-state index >= 15 is 0 Å². The van der Waals surface area contributed by atoms with Gasteiger partial charge in [0.2, 0.25) is 0 Å². The van der Waals surface area contributed by atoms with Crippen LogP contribution in [-0.2, 0) is 16.6 Å². The number of phenolic OH excluding ortho intramolecular Hbond substituents is 1. The summed E-state index contributed by atoms with van der Waals surface area (Å²) in [4.78, 5) is 16.3. The van der Waals surface area contributed by atoms with Gasteiger partial charge in [0.05, 0.1) is 11.0 Å². The number of rotatable bonds is 3. The lowest BCUT2D eigenvalue weighted by atomic mass is 9.48. The van der Waals surface area contributed by atoms with Gasteiger partial charge < -0.3 is 14.9 Å². The zero-order chi connectivity index (χ0) is 21.7. The lowest BCUT2D eigenvalue weighted by Crippen LogP contribution is -2.77. The molecule has 3 fully saturated rings. The van der Waals surface area contributed by atoms with Crippen LogP contribution < -0.4 is 4.74 Å². The summed E-state index contributed by atoms with van der Waals surface area (Å²) in [6.45, 7) is 1.86. The number of Topliss-reactive ketones (excluding diaryl/α,β-unsaturated/α-hetero) is 1. The third kappa shape index (κ3) is 2.70. The normalized spacial score (nSPS) is 35.1. The Labute approximate surface area is 199 Å². The van der Waals surface area contributed by atoms with E-state index in [0.29, 0.717) is 24.2 Å². The van der Waals surface area contributed by atoms with E-state index in [4.69, 9.17) is 4.74 Å². The van der Waals surface area contributed by atoms with Crippen molar-refractivity contribution in [3.8, 4) is 11.5 Å². The number of benzene rings is 2. The van der Waals surface area contributed by atoms with Crippen LogP contribution in [0.25, 0.3) is 6.08 Å². The molecule has 2 aromatic carbocycles. The lowest BCUT2D eigenvalue weighted by molar-refractivity contribution is -0.179. The molecule has 2 saturated carbocycles. The smallest absolute Gasteiger partial charge is 0.200 e. The molecular weight excluding hydrogens is 438 g/mol. The molecule has 2 heterocycles. The van der Waals surface area contributed by atoms with E-state index in [2.05, 4.69) is 4.90 Å². The van der Waals surface area contributed by atoms with Crippen LogP contribution in [0.15, 0.2) is 48.0 Å². The standard InChI is InChI=1S/C27H27NO4.ClH/c29-20-9-8-18-13-21-27(31)14-19(12-16-4-2-1-3-5-16)23(30)25-26(27,22(18)24(20)32-25)10-11-28(21)15-17-6-7-17;/h1-5,8-9,12,17,21,25,29,31H,6-7,10-11,13-15H2;1H/b19-12+;/t21-,25?,26+,27-;/m1./s1. The maximum atomic E-state index is 13.8. The van der Waals surface area contributed by atoms with Crippen molar-refractivity contribution in [1.29, 1.82) is 0 Å². The molecule has 0 aromatic heterocycles. The Morgan fingerprint density at radius 1 is 1.15 bits per heavy atom. The Hall–Kier alpha value is -2.34. The van der Waals surface area contributed by atoms with Crippen LogP contribution in [0.3, 0.4) is 0 Å².